The van der Waals surface area contributed by atoms with Crippen LogP contribution in [0.2, 0.25) is 10.0 Å². The van der Waals surface area contributed by atoms with Crippen molar-refractivity contribution in [3.05, 3.63) is 80.5 Å². The molecule has 0 aliphatic heterocycles. The summed E-state index contributed by atoms with van der Waals surface area (Å²) in [6, 6.07) is 13.0. The van der Waals surface area contributed by atoms with Gasteiger partial charge in [-0.3, -0.25) is 4.79 Å². The lowest BCUT2D eigenvalue weighted by Crippen LogP contribution is -2.25. The molecule has 1 N–H and O–H groups in total. The zero-order chi connectivity index (χ0) is 17.8. The molecule has 0 aliphatic carbocycles. The number of aromatic nitrogens is 2. The lowest BCUT2D eigenvalue weighted by atomic mass is 10.1. The van der Waals surface area contributed by atoms with Crippen molar-refractivity contribution in [3.8, 4) is 5.69 Å². The van der Waals surface area contributed by atoms with E-state index in [9.17, 15) is 4.79 Å². The zero-order valence-corrected chi connectivity index (χ0v) is 16.1. The van der Waals surface area contributed by atoms with Crippen LogP contribution >= 0.6 is 39.1 Å². The molecule has 0 unspecified atom stereocenters. The summed E-state index contributed by atoms with van der Waals surface area (Å²) in [5, 5.41) is 8.29. The fourth-order valence-electron chi connectivity index (χ4n) is 2.35. The number of nitrogens with one attached hydrogen (secondary N) is 1. The molecular weight excluding hydrogens is 425 g/mol. The van der Waals surface area contributed by atoms with Crippen LogP contribution in [0, 0.1) is 0 Å². The summed E-state index contributed by atoms with van der Waals surface area (Å²) >= 11 is 15.7. The summed E-state index contributed by atoms with van der Waals surface area (Å²) in [4.78, 5) is 12.3. The van der Waals surface area contributed by atoms with Crippen LogP contribution in [-0.2, 0) is 6.42 Å². The molecule has 1 aromatic heterocycles. The second-order valence-electron chi connectivity index (χ2n) is 5.36. The molecule has 25 heavy (non-hydrogen) atoms. The van der Waals surface area contributed by atoms with E-state index in [1.54, 1.807) is 35.3 Å². The summed E-state index contributed by atoms with van der Waals surface area (Å²) in [7, 11) is 0. The molecule has 0 radical (unpaired) electrons. The van der Waals surface area contributed by atoms with Gasteiger partial charge in [0.2, 0.25) is 0 Å². The number of rotatable bonds is 5. The van der Waals surface area contributed by atoms with Gasteiger partial charge in [0.1, 0.15) is 0 Å². The SMILES string of the molecule is O=C(NCCc1c(Cl)cccc1Cl)c1cnn(-c2ccc(Br)cc2)c1. The average Bonchev–Trinajstić information content (AvgIpc) is 3.08. The molecular formula is C18H14BrCl2N3O. The van der Waals surface area contributed by atoms with Crippen LogP contribution in [-0.4, -0.2) is 22.2 Å². The maximum Gasteiger partial charge on any atom is 0.254 e. The van der Waals surface area contributed by atoms with E-state index >= 15 is 0 Å². The van der Waals surface area contributed by atoms with Gasteiger partial charge in [0.05, 0.1) is 17.4 Å². The molecule has 0 atom stereocenters. The maximum atomic E-state index is 12.3. The van der Waals surface area contributed by atoms with Gasteiger partial charge in [-0.2, -0.15) is 5.10 Å². The molecule has 0 saturated heterocycles. The van der Waals surface area contributed by atoms with Gasteiger partial charge in [-0.05, 0) is 48.4 Å². The first-order chi connectivity index (χ1) is 12.0. The third-order valence-corrected chi connectivity index (χ3v) is 4.90. The summed E-state index contributed by atoms with van der Waals surface area (Å²) in [6.07, 6.45) is 3.80. The summed E-state index contributed by atoms with van der Waals surface area (Å²) in [5.41, 5.74) is 2.20. The predicted octanol–water partition coefficient (Wildman–Crippen LogP) is 4.91. The van der Waals surface area contributed by atoms with Gasteiger partial charge in [-0.25, -0.2) is 4.68 Å². The van der Waals surface area contributed by atoms with Crippen LogP contribution < -0.4 is 5.32 Å². The van der Waals surface area contributed by atoms with E-state index in [4.69, 9.17) is 23.2 Å². The first-order valence-electron chi connectivity index (χ1n) is 7.56. The lowest BCUT2D eigenvalue weighted by Gasteiger charge is -2.07. The number of nitrogens with zero attached hydrogens (tertiary/aromatic N) is 2. The molecule has 3 rings (SSSR count). The molecule has 0 aliphatic rings. The molecule has 1 heterocycles. The van der Waals surface area contributed by atoms with E-state index < -0.39 is 0 Å². The Labute approximate surface area is 163 Å². The molecule has 7 heteroatoms. The van der Waals surface area contributed by atoms with Crippen molar-refractivity contribution in [1.82, 2.24) is 15.1 Å². The van der Waals surface area contributed by atoms with Crippen molar-refractivity contribution in [1.29, 1.82) is 0 Å². The van der Waals surface area contributed by atoms with E-state index in [2.05, 4.69) is 26.3 Å². The van der Waals surface area contributed by atoms with Gasteiger partial charge in [0.25, 0.3) is 5.91 Å². The van der Waals surface area contributed by atoms with E-state index in [-0.39, 0.29) is 5.91 Å². The number of hydrogen-bond donors (Lipinski definition) is 1. The molecule has 0 saturated carbocycles. The van der Waals surface area contributed by atoms with Gasteiger partial charge in [0, 0.05) is 27.3 Å². The standard InChI is InChI=1S/C18H14BrCl2N3O/c19-13-4-6-14(7-5-13)24-11-12(10-23-24)18(25)22-9-8-15-16(20)2-1-3-17(15)21/h1-7,10-11H,8-9H2,(H,22,25). The Kier molecular flexibility index (Phi) is 5.78. The van der Waals surface area contributed by atoms with Crippen molar-refractivity contribution in [2.75, 3.05) is 6.54 Å². The summed E-state index contributed by atoms with van der Waals surface area (Å²) in [5.74, 6) is -0.188. The molecule has 0 fully saturated rings. The number of amides is 1. The normalized spacial score (nSPS) is 10.7. The molecule has 0 spiro atoms. The van der Waals surface area contributed by atoms with Crippen molar-refractivity contribution in [2.45, 2.75) is 6.42 Å². The van der Waals surface area contributed by atoms with Crippen LogP contribution in [0.25, 0.3) is 5.69 Å². The van der Waals surface area contributed by atoms with Crippen molar-refractivity contribution in [2.24, 2.45) is 0 Å². The summed E-state index contributed by atoms with van der Waals surface area (Å²) < 4.78 is 2.64. The van der Waals surface area contributed by atoms with Crippen molar-refractivity contribution < 1.29 is 4.79 Å². The number of carbonyl (C=O) groups is 1. The lowest BCUT2D eigenvalue weighted by molar-refractivity contribution is 0.0954. The van der Waals surface area contributed by atoms with Gasteiger partial charge >= 0.3 is 0 Å². The first-order valence-corrected chi connectivity index (χ1v) is 9.11. The van der Waals surface area contributed by atoms with Crippen LogP contribution in [0.1, 0.15) is 15.9 Å². The van der Waals surface area contributed by atoms with Gasteiger partial charge in [-0.1, -0.05) is 45.2 Å². The largest absolute Gasteiger partial charge is 0.352 e. The Morgan fingerprint density at radius 2 is 1.80 bits per heavy atom. The third kappa shape index (κ3) is 4.42. The van der Waals surface area contributed by atoms with Crippen LogP contribution in [0.15, 0.2) is 59.3 Å². The zero-order valence-electron chi connectivity index (χ0n) is 13.0. The molecule has 128 valence electrons. The van der Waals surface area contributed by atoms with Crippen LogP contribution in [0.3, 0.4) is 0 Å². The van der Waals surface area contributed by atoms with Crippen LogP contribution in [0.4, 0.5) is 0 Å². The quantitative estimate of drug-likeness (QED) is 0.614. The Morgan fingerprint density at radius 3 is 2.48 bits per heavy atom. The topological polar surface area (TPSA) is 46.9 Å². The molecule has 2 aromatic carbocycles. The van der Waals surface area contributed by atoms with Crippen LogP contribution in [0.5, 0.6) is 0 Å². The van der Waals surface area contributed by atoms with E-state index in [1.165, 1.54) is 0 Å². The highest BCUT2D eigenvalue weighted by Crippen LogP contribution is 2.24. The number of halogens is 3. The molecule has 1 amide bonds. The van der Waals surface area contributed by atoms with Gasteiger partial charge in [0.15, 0.2) is 0 Å². The maximum absolute atomic E-state index is 12.3. The first kappa shape index (κ1) is 18.0. The predicted molar refractivity (Wildman–Crippen MR) is 104 cm³/mol. The van der Waals surface area contributed by atoms with Crippen molar-refractivity contribution in [3.63, 3.8) is 0 Å². The second kappa shape index (κ2) is 8.04. The smallest absolute Gasteiger partial charge is 0.254 e. The molecule has 3 aromatic rings. The van der Waals surface area contributed by atoms with Gasteiger partial charge in [-0.15, -0.1) is 0 Å². The Hall–Kier alpha value is -1.82. The minimum Gasteiger partial charge on any atom is -0.352 e. The summed E-state index contributed by atoms with van der Waals surface area (Å²) in [6.45, 7) is 0.436. The molecule has 4 nitrogen and oxygen atoms in total. The minimum absolute atomic E-state index is 0.188. The van der Waals surface area contributed by atoms with Crippen molar-refractivity contribution >= 4 is 45.0 Å². The number of carbonyl (C=O) groups excluding carboxylic acids is 1. The van der Waals surface area contributed by atoms with E-state index in [0.717, 1.165) is 15.7 Å². The second-order valence-corrected chi connectivity index (χ2v) is 7.09. The highest BCUT2D eigenvalue weighted by molar-refractivity contribution is 9.10. The van der Waals surface area contributed by atoms with Gasteiger partial charge < -0.3 is 5.32 Å². The number of benzene rings is 2. The number of hydrogen-bond acceptors (Lipinski definition) is 2. The third-order valence-electron chi connectivity index (χ3n) is 3.66. The Bertz CT molecular complexity index is 873. The van der Waals surface area contributed by atoms with E-state index in [1.807, 2.05) is 24.3 Å². The minimum atomic E-state index is -0.188. The van der Waals surface area contributed by atoms with E-state index in [0.29, 0.717) is 28.6 Å². The highest BCUT2D eigenvalue weighted by atomic mass is 79.9. The Morgan fingerprint density at radius 1 is 1.12 bits per heavy atom. The fraction of sp³-hybridized carbons (Fsp3) is 0.111. The monoisotopic (exact) mass is 437 g/mol. The molecule has 0 bridgehead atoms. The fourth-order valence-corrected chi connectivity index (χ4v) is 3.20. The average molecular weight is 439 g/mol. The Balaban J connectivity index is 1.61. The highest BCUT2D eigenvalue weighted by Gasteiger charge is 2.10.